The normalized spacial score (nSPS) is 12.4. The highest BCUT2D eigenvalue weighted by Gasteiger charge is 2.11. The van der Waals surface area contributed by atoms with Crippen LogP contribution in [0.4, 0.5) is 0 Å². The number of phenolic OH excluding ortho intramolecular Hbond substituents is 2. The molecule has 3 heteroatoms. The first-order chi connectivity index (χ1) is 14.2. The van der Waals surface area contributed by atoms with Crippen molar-refractivity contribution < 1.29 is 14.9 Å². The van der Waals surface area contributed by atoms with Gasteiger partial charge < -0.3 is 14.9 Å². The van der Waals surface area contributed by atoms with Crippen LogP contribution in [0.1, 0.15) is 69.2 Å². The first-order valence-electron chi connectivity index (χ1n) is 10.7. The molecule has 3 nitrogen and oxygen atoms in total. The van der Waals surface area contributed by atoms with E-state index in [1.54, 1.807) is 13.2 Å². The van der Waals surface area contributed by atoms with Crippen molar-refractivity contribution in [3.63, 3.8) is 0 Å². The van der Waals surface area contributed by atoms with Crippen LogP contribution in [0.2, 0.25) is 0 Å². The maximum Gasteiger partial charge on any atom is 0.160 e. The van der Waals surface area contributed by atoms with Gasteiger partial charge in [-0.3, -0.25) is 0 Å². The van der Waals surface area contributed by atoms with Crippen LogP contribution in [0.25, 0.3) is 6.08 Å². The molecular formula is C27H36O3. The lowest BCUT2D eigenvalue weighted by Crippen LogP contribution is -1.97. The summed E-state index contributed by atoms with van der Waals surface area (Å²) in [6.45, 7) is 10.7. The summed E-state index contributed by atoms with van der Waals surface area (Å²) in [5, 5.41) is 20.6. The molecule has 1 atom stereocenters. The van der Waals surface area contributed by atoms with E-state index in [1.165, 1.54) is 5.57 Å². The third-order valence-electron chi connectivity index (χ3n) is 5.32. The monoisotopic (exact) mass is 408 g/mol. The van der Waals surface area contributed by atoms with Crippen molar-refractivity contribution >= 4 is 6.08 Å². The number of aromatic hydroxyl groups is 2. The molecule has 2 rings (SSSR count). The number of benzene rings is 2. The Bertz CT molecular complexity index is 903. The van der Waals surface area contributed by atoms with Crippen molar-refractivity contribution in [3.8, 4) is 17.2 Å². The van der Waals surface area contributed by atoms with E-state index in [2.05, 4.69) is 65.0 Å². The average molecular weight is 409 g/mol. The molecule has 162 valence electrons. The minimum atomic E-state index is 0.148. The molecule has 0 aliphatic rings. The van der Waals surface area contributed by atoms with Gasteiger partial charge in [-0.1, -0.05) is 50.6 Å². The zero-order chi connectivity index (χ0) is 22.3. The van der Waals surface area contributed by atoms with Crippen LogP contribution in [-0.2, 0) is 12.8 Å². The first kappa shape index (κ1) is 23.6. The molecule has 2 aromatic carbocycles. The molecule has 0 aliphatic heterocycles. The molecule has 0 saturated heterocycles. The predicted molar refractivity (Wildman–Crippen MR) is 127 cm³/mol. The van der Waals surface area contributed by atoms with Crippen molar-refractivity contribution in [2.75, 3.05) is 7.11 Å². The first-order valence-corrected chi connectivity index (χ1v) is 10.7. The smallest absolute Gasteiger partial charge is 0.160 e. The summed E-state index contributed by atoms with van der Waals surface area (Å²) in [5.74, 6) is 1.82. The van der Waals surface area contributed by atoms with E-state index in [9.17, 15) is 10.2 Å². The van der Waals surface area contributed by atoms with Gasteiger partial charge in [0.25, 0.3) is 0 Å². The SMILES string of the molecule is COc1cc(C(C)/C=C/c2cc(CC=C(C)C)c(O)c(CCC(C)C)c2)ccc1O. The summed E-state index contributed by atoms with van der Waals surface area (Å²) in [4.78, 5) is 0. The lowest BCUT2D eigenvalue weighted by atomic mass is 9.94. The van der Waals surface area contributed by atoms with Gasteiger partial charge in [0.1, 0.15) is 5.75 Å². The number of methoxy groups -OCH3 is 1. The quantitative estimate of drug-likeness (QED) is 0.438. The van der Waals surface area contributed by atoms with Gasteiger partial charge in [-0.05, 0) is 91.5 Å². The standard InChI is InChI=1S/C27H36O3/c1-18(2)7-11-23-15-21(16-24(27(23)29)12-8-19(3)4)10-9-20(5)22-13-14-25(28)26(17-22)30-6/h7,9-10,13-17,19-20,28-29H,8,11-12H2,1-6H3/b10-9+. The Morgan fingerprint density at radius 1 is 1.03 bits per heavy atom. The number of rotatable bonds is 9. The molecule has 30 heavy (non-hydrogen) atoms. The minimum absolute atomic E-state index is 0.148. The minimum Gasteiger partial charge on any atom is -0.507 e. The lowest BCUT2D eigenvalue weighted by molar-refractivity contribution is 0.373. The molecule has 0 amide bonds. The number of ether oxygens (including phenoxy) is 1. The van der Waals surface area contributed by atoms with E-state index in [0.29, 0.717) is 17.4 Å². The van der Waals surface area contributed by atoms with E-state index in [1.807, 2.05) is 12.1 Å². The number of hydrogen-bond donors (Lipinski definition) is 2. The molecule has 0 radical (unpaired) electrons. The lowest BCUT2D eigenvalue weighted by Gasteiger charge is -2.13. The molecular weight excluding hydrogens is 372 g/mol. The zero-order valence-electron chi connectivity index (χ0n) is 19.2. The molecule has 2 aromatic rings. The molecule has 1 unspecified atom stereocenters. The van der Waals surface area contributed by atoms with Gasteiger partial charge in [0.05, 0.1) is 7.11 Å². The van der Waals surface area contributed by atoms with Crippen molar-refractivity contribution in [2.45, 2.75) is 59.8 Å². The fraction of sp³-hybridized carbons (Fsp3) is 0.407. The van der Waals surface area contributed by atoms with Crippen molar-refractivity contribution in [3.05, 3.63) is 70.3 Å². The van der Waals surface area contributed by atoms with Crippen LogP contribution in [0, 0.1) is 5.92 Å². The van der Waals surface area contributed by atoms with Crippen molar-refractivity contribution in [1.29, 1.82) is 0 Å². The van der Waals surface area contributed by atoms with Crippen molar-refractivity contribution in [1.82, 2.24) is 0 Å². The third-order valence-corrected chi connectivity index (χ3v) is 5.32. The maximum atomic E-state index is 10.8. The highest BCUT2D eigenvalue weighted by molar-refractivity contribution is 5.58. The second kappa shape index (κ2) is 10.9. The molecule has 0 spiro atoms. The Kier molecular flexibility index (Phi) is 8.58. The zero-order valence-corrected chi connectivity index (χ0v) is 19.2. The summed E-state index contributed by atoms with van der Waals surface area (Å²) >= 11 is 0. The molecule has 0 heterocycles. The Hall–Kier alpha value is -2.68. The Morgan fingerprint density at radius 3 is 2.37 bits per heavy atom. The second-order valence-electron chi connectivity index (χ2n) is 8.68. The summed E-state index contributed by atoms with van der Waals surface area (Å²) in [6, 6.07) is 9.63. The van der Waals surface area contributed by atoms with Gasteiger partial charge in [0.15, 0.2) is 11.5 Å². The van der Waals surface area contributed by atoms with Crippen LogP contribution < -0.4 is 4.74 Å². The number of allylic oxidation sites excluding steroid dienone is 3. The van der Waals surface area contributed by atoms with Crippen LogP contribution in [0.3, 0.4) is 0 Å². The van der Waals surface area contributed by atoms with Gasteiger partial charge in [0.2, 0.25) is 0 Å². The average Bonchev–Trinajstić information content (AvgIpc) is 2.70. The summed E-state index contributed by atoms with van der Waals surface area (Å²) in [5.41, 5.74) is 5.40. The Labute approximate surface area is 181 Å². The molecule has 2 N–H and O–H groups in total. The molecule has 0 bridgehead atoms. The topological polar surface area (TPSA) is 49.7 Å². The van der Waals surface area contributed by atoms with Crippen LogP contribution in [0.15, 0.2) is 48.1 Å². The summed E-state index contributed by atoms with van der Waals surface area (Å²) in [7, 11) is 1.56. The maximum absolute atomic E-state index is 10.8. The largest absolute Gasteiger partial charge is 0.507 e. The number of phenols is 2. The highest BCUT2D eigenvalue weighted by atomic mass is 16.5. The van der Waals surface area contributed by atoms with Crippen molar-refractivity contribution in [2.24, 2.45) is 5.92 Å². The van der Waals surface area contributed by atoms with Crippen LogP contribution in [0.5, 0.6) is 17.2 Å². The van der Waals surface area contributed by atoms with Crippen LogP contribution >= 0.6 is 0 Å². The third kappa shape index (κ3) is 6.69. The number of hydrogen-bond acceptors (Lipinski definition) is 3. The molecule has 0 aromatic heterocycles. The van der Waals surface area contributed by atoms with Gasteiger partial charge in [-0.25, -0.2) is 0 Å². The molecule has 0 saturated carbocycles. The van der Waals surface area contributed by atoms with Gasteiger partial charge in [0, 0.05) is 0 Å². The van der Waals surface area contributed by atoms with Crippen LogP contribution in [-0.4, -0.2) is 17.3 Å². The van der Waals surface area contributed by atoms with E-state index >= 15 is 0 Å². The van der Waals surface area contributed by atoms with E-state index in [4.69, 9.17) is 4.74 Å². The van der Waals surface area contributed by atoms with E-state index < -0.39 is 0 Å². The van der Waals surface area contributed by atoms with Gasteiger partial charge in [-0.15, -0.1) is 0 Å². The second-order valence-corrected chi connectivity index (χ2v) is 8.68. The molecule has 0 aliphatic carbocycles. The van der Waals surface area contributed by atoms with Gasteiger partial charge >= 0.3 is 0 Å². The molecule has 0 fully saturated rings. The Morgan fingerprint density at radius 2 is 1.73 bits per heavy atom. The van der Waals surface area contributed by atoms with E-state index in [0.717, 1.165) is 41.5 Å². The summed E-state index contributed by atoms with van der Waals surface area (Å²) in [6.07, 6.45) is 9.07. The highest BCUT2D eigenvalue weighted by Crippen LogP contribution is 2.32. The van der Waals surface area contributed by atoms with Gasteiger partial charge in [-0.2, -0.15) is 0 Å². The summed E-state index contributed by atoms with van der Waals surface area (Å²) < 4.78 is 5.23. The number of aryl methyl sites for hydroxylation is 1. The predicted octanol–water partition coefficient (Wildman–Crippen LogP) is 7.02. The van der Waals surface area contributed by atoms with E-state index in [-0.39, 0.29) is 11.7 Å². The Balaban J connectivity index is 2.32. The fourth-order valence-corrected chi connectivity index (χ4v) is 3.33. The fourth-order valence-electron chi connectivity index (χ4n) is 3.33.